The molecule has 0 amide bonds. The minimum atomic E-state index is 0.667. The average Bonchev–Trinajstić information content (AvgIpc) is 2.57. The molecule has 0 aliphatic heterocycles. The molecule has 0 spiro atoms. The first-order chi connectivity index (χ1) is 11.1. The molecule has 0 saturated carbocycles. The molecule has 4 heteroatoms. The number of halogens is 1. The van der Waals surface area contributed by atoms with Crippen LogP contribution in [-0.2, 0) is 0 Å². The van der Waals surface area contributed by atoms with Crippen LogP contribution in [0.5, 0.6) is 0 Å². The second-order valence-corrected chi connectivity index (χ2v) is 5.89. The van der Waals surface area contributed by atoms with E-state index in [2.05, 4.69) is 42.8 Å². The Morgan fingerprint density at radius 3 is 2.39 bits per heavy atom. The third-order valence-electron chi connectivity index (χ3n) is 3.83. The molecule has 0 N–H and O–H groups in total. The lowest BCUT2D eigenvalue weighted by atomic mass is 10.1. The number of benzene rings is 2. The van der Waals surface area contributed by atoms with E-state index < -0.39 is 0 Å². The largest absolute Gasteiger partial charge is 0.366 e. The fourth-order valence-electron chi connectivity index (χ4n) is 2.39. The first kappa shape index (κ1) is 17.4. The Morgan fingerprint density at radius 2 is 1.78 bits per heavy atom. The van der Waals surface area contributed by atoms with Crippen molar-refractivity contribution >= 4 is 35.0 Å². The summed E-state index contributed by atoms with van der Waals surface area (Å²) in [5.41, 5.74) is 4.24. The van der Waals surface area contributed by atoms with Crippen molar-refractivity contribution in [1.29, 1.82) is 0 Å². The number of nitrogens with zero attached hydrogens (tertiary/aromatic N) is 3. The van der Waals surface area contributed by atoms with Crippen LogP contribution in [-0.4, -0.2) is 31.4 Å². The van der Waals surface area contributed by atoms with Gasteiger partial charge in [0.25, 0.3) is 0 Å². The first-order valence-corrected chi connectivity index (χ1v) is 8.31. The lowest BCUT2D eigenvalue weighted by Gasteiger charge is -2.25. The lowest BCUT2D eigenvalue weighted by molar-refractivity contribution is 0.552. The summed E-state index contributed by atoms with van der Waals surface area (Å²) < 4.78 is 0. The van der Waals surface area contributed by atoms with Gasteiger partial charge in [-0.1, -0.05) is 29.8 Å². The third kappa shape index (κ3) is 4.26. The number of anilines is 2. The van der Waals surface area contributed by atoms with Crippen LogP contribution in [0.2, 0.25) is 5.02 Å². The van der Waals surface area contributed by atoms with Gasteiger partial charge in [-0.2, -0.15) is 0 Å². The van der Waals surface area contributed by atoms with Crippen molar-refractivity contribution in [2.75, 3.05) is 25.0 Å². The molecule has 0 heterocycles. The highest BCUT2D eigenvalue weighted by Gasteiger charge is 2.12. The summed E-state index contributed by atoms with van der Waals surface area (Å²) >= 11 is 6.46. The fourth-order valence-corrected chi connectivity index (χ4v) is 2.59. The van der Waals surface area contributed by atoms with E-state index in [0.717, 1.165) is 35.7 Å². The second kappa shape index (κ2) is 8.02. The van der Waals surface area contributed by atoms with E-state index >= 15 is 0 Å². The molecule has 0 bridgehead atoms. The minimum absolute atomic E-state index is 0.667. The van der Waals surface area contributed by atoms with Gasteiger partial charge in [0.1, 0.15) is 0 Å². The van der Waals surface area contributed by atoms with Crippen molar-refractivity contribution in [3.8, 4) is 0 Å². The van der Waals surface area contributed by atoms with Gasteiger partial charge in [-0.25, -0.2) is 4.99 Å². The van der Waals surface area contributed by atoms with Gasteiger partial charge in [-0.15, -0.1) is 0 Å². The summed E-state index contributed by atoms with van der Waals surface area (Å²) in [7, 11) is 1.99. The topological polar surface area (TPSA) is 18.8 Å². The Kier molecular flexibility index (Phi) is 6.05. The molecule has 0 radical (unpaired) electrons. The second-order valence-electron chi connectivity index (χ2n) is 5.49. The number of aliphatic imine (C=N–C) groups is 1. The zero-order valence-corrected chi connectivity index (χ0v) is 15.0. The molecule has 2 aromatic carbocycles. The van der Waals surface area contributed by atoms with Crippen molar-refractivity contribution in [2.24, 2.45) is 4.99 Å². The van der Waals surface area contributed by atoms with Gasteiger partial charge in [0, 0.05) is 31.5 Å². The van der Waals surface area contributed by atoms with Crippen molar-refractivity contribution in [3.05, 3.63) is 53.1 Å². The smallest absolute Gasteiger partial charge is 0.0910 e. The molecular weight excluding hydrogens is 306 g/mol. The van der Waals surface area contributed by atoms with Gasteiger partial charge in [0.05, 0.1) is 17.0 Å². The van der Waals surface area contributed by atoms with Gasteiger partial charge < -0.3 is 9.80 Å². The zero-order chi connectivity index (χ0) is 16.8. The highest BCUT2D eigenvalue weighted by atomic mass is 35.5. The Bertz CT molecular complexity index is 668. The molecule has 122 valence electrons. The van der Waals surface area contributed by atoms with Crippen LogP contribution in [0.3, 0.4) is 0 Å². The van der Waals surface area contributed by atoms with Crippen LogP contribution < -0.4 is 4.90 Å². The van der Waals surface area contributed by atoms with Crippen molar-refractivity contribution in [3.63, 3.8) is 0 Å². The SMILES string of the molecule is CCN(C)C=Nc1cc(C)c(N(CC)c2ccccc2)cc1Cl. The number of hydrogen-bond acceptors (Lipinski definition) is 2. The molecule has 23 heavy (non-hydrogen) atoms. The Hall–Kier alpha value is -2.00. The molecule has 3 nitrogen and oxygen atoms in total. The van der Waals surface area contributed by atoms with Gasteiger partial charge in [-0.05, 0) is 50.6 Å². The number of hydrogen-bond donors (Lipinski definition) is 0. The minimum Gasteiger partial charge on any atom is -0.366 e. The maximum atomic E-state index is 6.46. The molecule has 0 aliphatic carbocycles. The van der Waals surface area contributed by atoms with Crippen LogP contribution in [0, 0.1) is 6.92 Å². The fraction of sp³-hybridized carbons (Fsp3) is 0.316. The van der Waals surface area contributed by atoms with Crippen LogP contribution in [0.1, 0.15) is 19.4 Å². The van der Waals surface area contributed by atoms with E-state index in [0.29, 0.717) is 5.02 Å². The van der Waals surface area contributed by atoms with E-state index in [9.17, 15) is 0 Å². The van der Waals surface area contributed by atoms with Gasteiger partial charge in [-0.3, -0.25) is 0 Å². The van der Waals surface area contributed by atoms with Crippen LogP contribution in [0.15, 0.2) is 47.5 Å². The quantitative estimate of drug-likeness (QED) is 0.520. The normalized spacial score (nSPS) is 11.0. The Morgan fingerprint density at radius 1 is 1.09 bits per heavy atom. The summed E-state index contributed by atoms with van der Waals surface area (Å²) in [4.78, 5) is 8.76. The molecule has 0 fully saturated rings. The van der Waals surface area contributed by atoms with E-state index in [1.54, 1.807) is 0 Å². The van der Waals surface area contributed by atoms with E-state index in [4.69, 9.17) is 11.6 Å². The predicted molar refractivity (Wildman–Crippen MR) is 102 cm³/mol. The molecule has 0 unspecified atom stereocenters. The van der Waals surface area contributed by atoms with Crippen LogP contribution in [0.25, 0.3) is 0 Å². The van der Waals surface area contributed by atoms with Crippen molar-refractivity contribution < 1.29 is 0 Å². The maximum absolute atomic E-state index is 6.46. The van der Waals surface area contributed by atoms with E-state index in [1.165, 1.54) is 0 Å². The molecule has 2 aromatic rings. The Labute approximate surface area is 144 Å². The zero-order valence-electron chi connectivity index (χ0n) is 14.3. The number of rotatable bonds is 6. The molecular formula is C19H24ClN3. The van der Waals surface area contributed by atoms with E-state index in [1.807, 2.05) is 48.6 Å². The summed E-state index contributed by atoms with van der Waals surface area (Å²) in [6, 6.07) is 14.4. The monoisotopic (exact) mass is 329 g/mol. The molecule has 0 aromatic heterocycles. The van der Waals surface area contributed by atoms with Gasteiger partial charge >= 0.3 is 0 Å². The molecule has 2 rings (SSSR count). The summed E-state index contributed by atoms with van der Waals surface area (Å²) in [5, 5.41) is 0.667. The lowest BCUT2D eigenvalue weighted by Crippen LogP contribution is -2.17. The highest BCUT2D eigenvalue weighted by Crippen LogP contribution is 2.35. The highest BCUT2D eigenvalue weighted by molar-refractivity contribution is 6.33. The molecule has 0 aliphatic rings. The standard InChI is InChI=1S/C19H24ClN3/c1-5-22(4)14-21-18-12-15(3)19(13-17(18)20)23(6-2)16-10-8-7-9-11-16/h7-14H,5-6H2,1-4H3. The predicted octanol–water partition coefficient (Wildman–Crippen LogP) is 5.42. The van der Waals surface area contributed by atoms with Crippen molar-refractivity contribution in [1.82, 2.24) is 4.90 Å². The van der Waals surface area contributed by atoms with Gasteiger partial charge in [0.2, 0.25) is 0 Å². The maximum Gasteiger partial charge on any atom is 0.0910 e. The average molecular weight is 330 g/mol. The summed E-state index contributed by atoms with van der Waals surface area (Å²) in [6.45, 7) is 8.11. The van der Waals surface area contributed by atoms with Gasteiger partial charge in [0.15, 0.2) is 0 Å². The number of aryl methyl sites for hydroxylation is 1. The molecule has 0 saturated heterocycles. The van der Waals surface area contributed by atoms with E-state index in [-0.39, 0.29) is 0 Å². The van der Waals surface area contributed by atoms with Crippen molar-refractivity contribution in [2.45, 2.75) is 20.8 Å². The third-order valence-corrected chi connectivity index (χ3v) is 4.14. The summed E-state index contributed by atoms with van der Waals surface area (Å²) in [6.07, 6.45) is 1.81. The van der Waals surface area contributed by atoms with Crippen LogP contribution >= 0.6 is 11.6 Å². The number of para-hydroxylation sites is 1. The first-order valence-electron chi connectivity index (χ1n) is 7.94. The Balaban J connectivity index is 2.37. The molecule has 0 atom stereocenters. The summed E-state index contributed by atoms with van der Waals surface area (Å²) in [5.74, 6) is 0. The van der Waals surface area contributed by atoms with Crippen LogP contribution in [0.4, 0.5) is 17.1 Å².